The third-order valence-electron chi connectivity index (χ3n) is 2.09. The zero-order valence-electron chi connectivity index (χ0n) is 8.23. The Labute approximate surface area is 97.5 Å². The molecule has 0 aromatic carbocycles. The van der Waals surface area contributed by atoms with Crippen LogP contribution >= 0.6 is 15.9 Å². The van der Waals surface area contributed by atoms with E-state index in [4.69, 9.17) is 0 Å². The number of nitrogens with zero attached hydrogens (tertiary/aromatic N) is 2. The molecule has 0 fully saturated rings. The van der Waals surface area contributed by atoms with E-state index < -0.39 is 0 Å². The second-order valence-electron chi connectivity index (χ2n) is 3.25. The molecule has 0 radical (unpaired) electrons. The summed E-state index contributed by atoms with van der Waals surface area (Å²) in [7, 11) is 0. The van der Waals surface area contributed by atoms with Crippen LogP contribution in [0.2, 0.25) is 0 Å². The van der Waals surface area contributed by atoms with Crippen molar-refractivity contribution in [2.75, 3.05) is 0 Å². The smallest absolute Gasteiger partial charge is 0.0512 e. The van der Waals surface area contributed by atoms with Gasteiger partial charge < -0.3 is 0 Å². The highest BCUT2D eigenvalue weighted by atomic mass is 79.9. The van der Waals surface area contributed by atoms with Crippen LogP contribution in [0.4, 0.5) is 0 Å². The monoisotopic (exact) mass is 262 g/mol. The molecule has 0 atom stereocenters. The fourth-order valence-electron chi connectivity index (χ4n) is 1.39. The van der Waals surface area contributed by atoms with Crippen LogP contribution in [0, 0.1) is 0 Å². The van der Waals surface area contributed by atoms with Gasteiger partial charge in [-0.2, -0.15) is 0 Å². The van der Waals surface area contributed by atoms with Crippen LogP contribution in [0.3, 0.4) is 0 Å². The predicted molar refractivity (Wildman–Crippen MR) is 63.9 cm³/mol. The topological polar surface area (TPSA) is 25.8 Å². The minimum absolute atomic E-state index is 0.793. The second kappa shape index (κ2) is 5.03. The molecule has 0 spiro atoms. The van der Waals surface area contributed by atoms with E-state index >= 15 is 0 Å². The Kier molecular flexibility index (Phi) is 3.45. The van der Waals surface area contributed by atoms with Gasteiger partial charge in [0.15, 0.2) is 0 Å². The second-order valence-corrected chi connectivity index (χ2v) is 3.81. The Balaban J connectivity index is 2.17. The number of alkyl halides is 1. The third kappa shape index (κ3) is 2.86. The molecule has 2 aromatic rings. The largest absolute Gasteiger partial charge is 0.261 e. The molecule has 2 nitrogen and oxygen atoms in total. The van der Waals surface area contributed by atoms with Crippen molar-refractivity contribution in [2.45, 2.75) is 11.8 Å². The summed E-state index contributed by atoms with van der Waals surface area (Å²) in [5, 5.41) is 0.795. The van der Waals surface area contributed by atoms with Gasteiger partial charge in [-0.15, -0.1) is 0 Å². The van der Waals surface area contributed by atoms with Gasteiger partial charge in [0.1, 0.15) is 0 Å². The molecule has 0 saturated heterocycles. The first-order chi connectivity index (χ1) is 7.38. The van der Waals surface area contributed by atoms with Crippen LogP contribution in [0.15, 0.2) is 42.6 Å². The van der Waals surface area contributed by atoms with Crippen molar-refractivity contribution in [3.8, 4) is 0 Å². The van der Waals surface area contributed by atoms with E-state index in [0.717, 1.165) is 28.8 Å². The Hall–Kier alpha value is -1.22. The van der Waals surface area contributed by atoms with Crippen molar-refractivity contribution < 1.29 is 0 Å². The van der Waals surface area contributed by atoms with Crippen molar-refractivity contribution in [2.24, 2.45) is 0 Å². The number of halogens is 1. The van der Waals surface area contributed by atoms with Gasteiger partial charge in [0.25, 0.3) is 0 Å². The summed E-state index contributed by atoms with van der Waals surface area (Å²) >= 11 is 3.40. The maximum Gasteiger partial charge on any atom is 0.0512 e. The standard InChI is InChI=1S/C12H11BrN2/c13-9-12-6-3-5-11(15-12)8-10-4-1-2-7-14-10/h1-7H,8-9H2. The summed E-state index contributed by atoms with van der Waals surface area (Å²) in [5.41, 5.74) is 3.17. The fraction of sp³-hybridized carbons (Fsp3) is 0.167. The molecule has 2 rings (SSSR count). The van der Waals surface area contributed by atoms with Gasteiger partial charge in [-0.1, -0.05) is 28.1 Å². The highest BCUT2D eigenvalue weighted by Crippen LogP contribution is 2.07. The van der Waals surface area contributed by atoms with E-state index in [9.17, 15) is 0 Å². The summed E-state index contributed by atoms with van der Waals surface area (Å²) in [6.07, 6.45) is 2.60. The van der Waals surface area contributed by atoms with Crippen LogP contribution in [-0.2, 0) is 11.8 Å². The molecule has 0 bridgehead atoms. The molecule has 76 valence electrons. The molecule has 0 aliphatic carbocycles. The van der Waals surface area contributed by atoms with Crippen molar-refractivity contribution in [3.05, 3.63) is 59.7 Å². The third-order valence-corrected chi connectivity index (χ3v) is 2.66. The Bertz CT molecular complexity index is 429. The van der Waals surface area contributed by atoms with Gasteiger partial charge in [-0.25, -0.2) is 0 Å². The molecule has 3 heteroatoms. The van der Waals surface area contributed by atoms with E-state index in [1.165, 1.54) is 0 Å². The summed E-state index contributed by atoms with van der Waals surface area (Å²) in [5.74, 6) is 0. The van der Waals surface area contributed by atoms with Crippen molar-refractivity contribution in [1.82, 2.24) is 9.97 Å². The number of hydrogen-bond donors (Lipinski definition) is 0. The summed E-state index contributed by atoms with van der Waals surface area (Å²) in [6.45, 7) is 0. The minimum atomic E-state index is 0.793. The Morgan fingerprint density at radius 3 is 2.47 bits per heavy atom. The lowest BCUT2D eigenvalue weighted by atomic mass is 10.2. The van der Waals surface area contributed by atoms with E-state index in [1.807, 2.05) is 42.6 Å². The van der Waals surface area contributed by atoms with Crippen molar-refractivity contribution in [1.29, 1.82) is 0 Å². The van der Waals surface area contributed by atoms with Gasteiger partial charge in [0, 0.05) is 29.3 Å². The quantitative estimate of drug-likeness (QED) is 0.795. The number of rotatable bonds is 3. The van der Waals surface area contributed by atoms with E-state index in [2.05, 4.69) is 25.9 Å². The van der Waals surface area contributed by atoms with Crippen LogP contribution < -0.4 is 0 Å². The Morgan fingerprint density at radius 2 is 1.73 bits per heavy atom. The van der Waals surface area contributed by atoms with Crippen LogP contribution in [0.25, 0.3) is 0 Å². The summed E-state index contributed by atoms with van der Waals surface area (Å²) in [4.78, 5) is 8.78. The van der Waals surface area contributed by atoms with E-state index in [1.54, 1.807) is 0 Å². The maximum absolute atomic E-state index is 4.50. The fourth-order valence-corrected chi connectivity index (χ4v) is 1.70. The molecule has 0 saturated carbocycles. The van der Waals surface area contributed by atoms with E-state index in [0.29, 0.717) is 0 Å². The van der Waals surface area contributed by atoms with Crippen molar-refractivity contribution in [3.63, 3.8) is 0 Å². The normalized spacial score (nSPS) is 10.2. The van der Waals surface area contributed by atoms with Gasteiger partial charge >= 0.3 is 0 Å². The number of aromatic nitrogens is 2. The molecular weight excluding hydrogens is 252 g/mol. The van der Waals surface area contributed by atoms with Crippen LogP contribution in [-0.4, -0.2) is 9.97 Å². The molecule has 0 aliphatic heterocycles. The lowest BCUT2D eigenvalue weighted by Crippen LogP contribution is -1.96. The van der Waals surface area contributed by atoms with Crippen molar-refractivity contribution >= 4 is 15.9 Å². The van der Waals surface area contributed by atoms with E-state index in [-0.39, 0.29) is 0 Å². The van der Waals surface area contributed by atoms with Gasteiger partial charge in [0.05, 0.1) is 5.69 Å². The first-order valence-corrected chi connectivity index (χ1v) is 5.91. The minimum Gasteiger partial charge on any atom is -0.261 e. The van der Waals surface area contributed by atoms with Crippen LogP contribution in [0.5, 0.6) is 0 Å². The molecule has 0 amide bonds. The highest BCUT2D eigenvalue weighted by molar-refractivity contribution is 9.08. The molecule has 0 unspecified atom stereocenters. The molecule has 0 N–H and O–H groups in total. The molecule has 2 heterocycles. The predicted octanol–water partition coefficient (Wildman–Crippen LogP) is 2.96. The molecule has 0 aliphatic rings. The lowest BCUT2D eigenvalue weighted by molar-refractivity contribution is 0.989. The highest BCUT2D eigenvalue weighted by Gasteiger charge is 1.99. The maximum atomic E-state index is 4.50. The first kappa shape index (κ1) is 10.3. The van der Waals surface area contributed by atoms with Gasteiger partial charge in [-0.05, 0) is 24.3 Å². The average Bonchev–Trinajstić information content (AvgIpc) is 2.31. The summed E-state index contributed by atoms with van der Waals surface area (Å²) < 4.78 is 0. The average molecular weight is 263 g/mol. The zero-order valence-corrected chi connectivity index (χ0v) is 9.81. The summed E-state index contributed by atoms with van der Waals surface area (Å²) in [6, 6.07) is 12.0. The molecular formula is C12H11BrN2. The number of pyridine rings is 2. The SMILES string of the molecule is BrCc1cccc(Cc2ccccn2)n1. The first-order valence-electron chi connectivity index (χ1n) is 4.79. The lowest BCUT2D eigenvalue weighted by Gasteiger charge is -2.01. The molecule has 15 heavy (non-hydrogen) atoms. The van der Waals surface area contributed by atoms with Crippen LogP contribution in [0.1, 0.15) is 17.1 Å². The Morgan fingerprint density at radius 1 is 0.933 bits per heavy atom. The van der Waals surface area contributed by atoms with Gasteiger partial charge in [0.2, 0.25) is 0 Å². The number of hydrogen-bond acceptors (Lipinski definition) is 2. The van der Waals surface area contributed by atoms with Gasteiger partial charge in [-0.3, -0.25) is 9.97 Å². The zero-order chi connectivity index (χ0) is 10.5. The molecule has 2 aromatic heterocycles.